The van der Waals surface area contributed by atoms with Crippen LogP contribution in [0.15, 0.2) is 57.5 Å². The molecule has 5 nitrogen and oxygen atoms in total. The van der Waals surface area contributed by atoms with Gasteiger partial charge in [-0.2, -0.15) is 0 Å². The van der Waals surface area contributed by atoms with E-state index in [1.54, 1.807) is 4.90 Å². The molecule has 0 bridgehead atoms. The lowest BCUT2D eigenvalue weighted by Crippen LogP contribution is -2.44. The highest BCUT2D eigenvalue weighted by Gasteiger charge is 2.15. The van der Waals surface area contributed by atoms with Gasteiger partial charge in [0, 0.05) is 20.3 Å². The number of anilines is 2. The lowest BCUT2D eigenvalue weighted by atomic mass is 10.2. The monoisotopic (exact) mass is 409 g/mol. The highest BCUT2D eigenvalue weighted by molar-refractivity contribution is 9.10. The Morgan fingerprint density at radius 1 is 0.857 bits per heavy atom. The molecule has 0 aliphatic heterocycles. The molecule has 0 unspecified atom stereocenters. The number of guanidine groups is 2. The highest BCUT2D eigenvalue weighted by Crippen LogP contribution is 2.27. The van der Waals surface area contributed by atoms with Crippen molar-refractivity contribution in [3.8, 4) is 0 Å². The van der Waals surface area contributed by atoms with Crippen LogP contribution in [0.1, 0.15) is 0 Å². The van der Waals surface area contributed by atoms with Gasteiger partial charge in [0.2, 0.25) is 5.96 Å². The molecule has 0 aliphatic rings. The number of rotatable bonds is 2. The first kappa shape index (κ1) is 15.5. The van der Waals surface area contributed by atoms with Crippen LogP contribution in [0.2, 0.25) is 0 Å². The topological polar surface area (TPSA) is 89.0 Å². The van der Waals surface area contributed by atoms with Gasteiger partial charge in [0.1, 0.15) is 0 Å². The maximum atomic E-state index is 8.13. The van der Waals surface area contributed by atoms with Gasteiger partial charge in [0.25, 0.3) is 0 Å². The number of hydrogen-bond donors (Lipinski definition) is 4. The van der Waals surface area contributed by atoms with Crippen LogP contribution < -0.4 is 16.0 Å². The minimum absolute atomic E-state index is 0.00662. The predicted molar refractivity (Wildman–Crippen MR) is 93.2 cm³/mol. The summed E-state index contributed by atoms with van der Waals surface area (Å²) in [6.45, 7) is 0. The summed E-state index contributed by atoms with van der Waals surface area (Å²) < 4.78 is 1.90. The van der Waals surface area contributed by atoms with Gasteiger partial charge in [-0.1, -0.05) is 31.9 Å². The Kier molecular flexibility index (Phi) is 4.98. The molecule has 0 fully saturated rings. The van der Waals surface area contributed by atoms with E-state index in [2.05, 4.69) is 37.2 Å². The minimum atomic E-state index is -0.278. The van der Waals surface area contributed by atoms with Crippen molar-refractivity contribution in [2.45, 2.75) is 0 Å². The van der Waals surface area contributed by atoms with Crippen LogP contribution in [0.5, 0.6) is 0 Å². The lowest BCUT2D eigenvalue weighted by Gasteiger charge is -2.25. The smallest absolute Gasteiger partial charge is 0.207 e. The van der Waals surface area contributed by atoms with Gasteiger partial charge in [0.15, 0.2) is 5.96 Å². The fourth-order valence-corrected chi connectivity index (χ4v) is 2.30. The van der Waals surface area contributed by atoms with Gasteiger partial charge in [-0.25, -0.2) is 0 Å². The summed E-state index contributed by atoms with van der Waals surface area (Å²) in [6.07, 6.45) is 0. The second-order valence-electron chi connectivity index (χ2n) is 4.18. The lowest BCUT2D eigenvalue weighted by molar-refractivity contribution is 1.14. The summed E-state index contributed by atoms with van der Waals surface area (Å²) in [5.41, 5.74) is 6.91. The third-order valence-corrected chi connectivity index (χ3v) is 3.70. The average Bonchev–Trinajstić information content (AvgIpc) is 2.42. The normalized spacial score (nSPS) is 10.0. The Bertz CT molecular complexity index is 607. The number of nitrogens with one attached hydrogen (secondary N) is 3. The first-order valence-corrected chi connectivity index (χ1v) is 7.57. The number of nitrogens with zero attached hydrogens (tertiary/aromatic N) is 1. The third kappa shape index (κ3) is 4.05. The quantitative estimate of drug-likeness (QED) is 0.448. The SMILES string of the molecule is N=C(N)NC(=N)N(c1ccc(Br)cc1)c1ccc(Br)cc1. The maximum Gasteiger partial charge on any atom is 0.207 e. The Morgan fingerprint density at radius 2 is 1.24 bits per heavy atom. The van der Waals surface area contributed by atoms with Gasteiger partial charge >= 0.3 is 0 Å². The Balaban J connectivity index is 2.43. The van der Waals surface area contributed by atoms with Gasteiger partial charge < -0.3 is 5.73 Å². The second-order valence-corrected chi connectivity index (χ2v) is 6.01. The molecule has 5 N–H and O–H groups in total. The molecular formula is C14H13Br2N5. The third-order valence-electron chi connectivity index (χ3n) is 2.65. The Labute approximate surface area is 139 Å². The summed E-state index contributed by atoms with van der Waals surface area (Å²) in [4.78, 5) is 1.67. The van der Waals surface area contributed by atoms with Gasteiger partial charge in [-0.3, -0.25) is 21.0 Å². The van der Waals surface area contributed by atoms with Crippen LogP contribution in [0.3, 0.4) is 0 Å². The van der Waals surface area contributed by atoms with E-state index in [1.165, 1.54) is 0 Å². The molecule has 0 spiro atoms. The predicted octanol–water partition coefficient (Wildman–Crippen LogP) is 3.77. The molecule has 0 heterocycles. The van der Waals surface area contributed by atoms with E-state index in [1.807, 2.05) is 48.5 Å². The second kappa shape index (κ2) is 6.73. The number of nitrogens with two attached hydrogens (primary N) is 1. The zero-order chi connectivity index (χ0) is 15.4. The molecule has 0 atom stereocenters. The van der Waals surface area contributed by atoms with E-state index in [0.717, 1.165) is 20.3 Å². The molecule has 0 aromatic heterocycles. The van der Waals surface area contributed by atoms with E-state index < -0.39 is 0 Å². The van der Waals surface area contributed by atoms with Crippen molar-refractivity contribution < 1.29 is 0 Å². The van der Waals surface area contributed by atoms with Crippen LogP contribution in [-0.2, 0) is 0 Å². The molecule has 2 aromatic rings. The molecule has 0 radical (unpaired) electrons. The molecule has 2 rings (SSSR count). The first-order chi connectivity index (χ1) is 9.97. The molecule has 0 saturated heterocycles. The average molecular weight is 411 g/mol. The number of hydrogen-bond acceptors (Lipinski definition) is 2. The molecule has 0 saturated carbocycles. The summed E-state index contributed by atoms with van der Waals surface area (Å²) >= 11 is 6.78. The van der Waals surface area contributed by atoms with E-state index in [9.17, 15) is 0 Å². The van der Waals surface area contributed by atoms with Gasteiger partial charge in [0.05, 0.1) is 0 Å². The van der Waals surface area contributed by atoms with Gasteiger partial charge in [-0.05, 0) is 48.5 Å². The van der Waals surface area contributed by atoms with Crippen LogP contribution in [0.25, 0.3) is 0 Å². The minimum Gasteiger partial charge on any atom is -0.370 e. The van der Waals surface area contributed by atoms with E-state index in [0.29, 0.717) is 0 Å². The molecule has 0 amide bonds. The zero-order valence-corrected chi connectivity index (χ0v) is 14.1. The van der Waals surface area contributed by atoms with Gasteiger partial charge in [-0.15, -0.1) is 0 Å². The molecule has 108 valence electrons. The van der Waals surface area contributed by atoms with Crippen LogP contribution in [0, 0.1) is 10.8 Å². The Morgan fingerprint density at radius 3 is 1.57 bits per heavy atom. The molecular weight excluding hydrogens is 398 g/mol. The summed E-state index contributed by atoms with van der Waals surface area (Å²) in [5, 5.41) is 17.9. The largest absolute Gasteiger partial charge is 0.370 e. The van der Waals surface area contributed by atoms with Crippen molar-refractivity contribution in [2.75, 3.05) is 4.90 Å². The van der Waals surface area contributed by atoms with Crippen LogP contribution in [0.4, 0.5) is 11.4 Å². The fourth-order valence-electron chi connectivity index (χ4n) is 1.77. The number of benzene rings is 2. The van der Waals surface area contributed by atoms with Crippen molar-refractivity contribution in [1.82, 2.24) is 5.32 Å². The molecule has 21 heavy (non-hydrogen) atoms. The highest BCUT2D eigenvalue weighted by atomic mass is 79.9. The standard InChI is InChI=1S/C14H13Br2N5/c15-9-1-5-11(6-2-9)21(14(19)20-13(17)18)12-7-3-10(16)4-8-12/h1-8H,(H5,17,18,19,20). The fraction of sp³-hybridized carbons (Fsp3) is 0. The Hall–Kier alpha value is -1.86. The zero-order valence-electron chi connectivity index (χ0n) is 10.9. The van der Waals surface area contributed by atoms with Crippen molar-refractivity contribution >= 4 is 55.2 Å². The molecule has 2 aromatic carbocycles. The van der Waals surface area contributed by atoms with Crippen LogP contribution in [-0.4, -0.2) is 11.9 Å². The van der Waals surface area contributed by atoms with Crippen molar-refractivity contribution in [3.63, 3.8) is 0 Å². The van der Waals surface area contributed by atoms with Crippen molar-refractivity contribution in [1.29, 1.82) is 10.8 Å². The summed E-state index contributed by atoms with van der Waals surface area (Å²) in [6, 6.07) is 15.1. The summed E-state index contributed by atoms with van der Waals surface area (Å²) in [7, 11) is 0. The van der Waals surface area contributed by atoms with E-state index >= 15 is 0 Å². The number of halogens is 2. The van der Waals surface area contributed by atoms with Crippen molar-refractivity contribution in [3.05, 3.63) is 57.5 Å². The maximum absolute atomic E-state index is 8.13. The summed E-state index contributed by atoms with van der Waals surface area (Å²) in [5.74, 6) is -0.272. The van der Waals surface area contributed by atoms with E-state index in [-0.39, 0.29) is 11.9 Å². The molecule has 7 heteroatoms. The molecule has 0 aliphatic carbocycles. The van der Waals surface area contributed by atoms with Crippen LogP contribution >= 0.6 is 31.9 Å². The van der Waals surface area contributed by atoms with Crippen molar-refractivity contribution in [2.24, 2.45) is 5.73 Å². The van der Waals surface area contributed by atoms with E-state index in [4.69, 9.17) is 16.6 Å². The first-order valence-electron chi connectivity index (χ1n) is 5.98.